The quantitative estimate of drug-likeness (QED) is 0.749. The second-order valence-corrected chi connectivity index (χ2v) is 5.01. The van der Waals surface area contributed by atoms with Gasteiger partial charge in [0.2, 0.25) is 0 Å². The average molecular weight is 236 g/mol. The lowest BCUT2D eigenvalue weighted by atomic mass is 9.91. The normalized spacial score (nSPS) is 24.8. The molecular formula is C13H17FN2O. The fourth-order valence-corrected chi connectivity index (χ4v) is 2.55. The minimum Gasteiger partial charge on any atom is -0.338 e. The molecule has 1 aliphatic heterocycles. The number of carbonyl (C=O) groups excluding carboxylic acids is 1. The summed E-state index contributed by atoms with van der Waals surface area (Å²) < 4.78 is 13.5. The number of nitrogens with zero attached hydrogens (tertiary/aromatic N) is 2. The first-order valence-electron chi connectivity index (χ1n) is 5.96. The van der Waals surface area contributed by atoms with Crippen molar-refractivity contribution in [3.8, 4) is 0 Å². The maximum absolute atomic E-state index is 13.5. The van der Waals surface area contributed by atoms with Crippen molar-refractivity contribution in [2.24, 2.45) is 11.8 Å². The van der Waals surface area contributed by atoms with Crippen LogP contribution in [0.3, 0.4) is 0 Å². The summed E-state index contributed by atoms with van der Waals surface area (Å²) in [4.78, 5) is 17.6. The summed E-state index contributed by atoms with van der Waals surface area (Å²) in [6.45, 7) is 5.67. The molecule has 2 heterocycles. The number of hydrogen-bond donors (Lipinski definition) is 0. The summed E-state index contributed by atoms with van der Waals surface area (Å²) >= 11 is 0. The highest BCUT2D eigenvalue weighted by molar-refractivity contribution is 5.94. The van der Waals surface area contributed by atoms with Crippen molar-refractivity contribution in [2.75, 3.05) is 13.1 Å². The van der Waals surface area contributed by atoms with Crippen LogP contribution in [-0.4, -0.2) is 28.9 Å². The van der Waals surface area contributed by atoms with E-state index < -0.39 is 5.82 Å². The molecule has 1 amide bonds. The van der Waals surface area contributed by atoms with Gasteiger partial charge in [-0.15, -0.1) is 0 Å². The fourth-order valence-electron chi connectivity index (χ4n) is 2.55. The van der Waals surface area contributed by atoms with Crippen LogP contribution < -0.4 is 0 Å². The lowest BCUT2D eigenvalue weighted by Gasteiger charge is -2.35. The van der Waals surface area contributed by atoms with Crippen molar-refractivity contribution < 1.29 is 9.18 Å². The molecule has 1 aliphatic rings. The molecule has 0 aliphatic carbocycles. The van der Waals surface area contributed by atoms with Crippen LogP contribution in [0.2, 0.25) is 0 Å². The number of halogens is 1. The van der Waals surface area contributed by atoms with Crippen molar-refractivity contribution >= 4 is 5.91 Å². The van der Waals surface area contributed by atoms with Gasteiger partial charge in [-0.25, -0.2) is 4.39 Å². The molecule has 1 aromatic heterocycles. The molecule has 1 fully saturated rings. The third-order valence-electron chi connectivity index (χ3n) is 3.16. The predicted octanol–water partition coefficient (Wildman–Crippen LogP) is 2.34. The van der Waals surface area contributed by atoms with E-state index in [1.165, 1.54) is 12.3 Å². The largest absolute Gasteiger partial charge is 0.338 e. The second kappa shape index (κ2) is 4.82. The van der Waals surface area contributed by atoms with Crippen LogP contribution in [0, 0.1) is 17.7 Å². The molecule has 0 N–H and O–H groups in total. The first kappa shape index (κ1) is 12.0. The Hall–Kier alpha value is -1.45. The number of likely N-dealkylation sites (tertiary alicyclic amines) is 1. The van der Waals surface area contributed by atoms with E-state index >= 15 is 0 Å². The summed E-state index contributed by atoms with van der Waals surface area (Å²) in [5.41, 5.74) is 0.126. The van der Waals surface area contributed by atoms with E-state index in [9.17, 15) is 9.18 Å². The zero-order valence-corrected chi connectivity index (χ0v) is 10.2. The minimum atomic E-state index is -0.539. The van der Waals surface area contributed by atoms with Crippen LogP contribution in [0.4, 0.5) is 4.39 Å². The Bertz CT molecular complexity index is 412. The maximum Gasteiger partial charge on any atom is 0.256 e. The molecule has 2 rings (SSSR count). The Morgan fingerprint density at radius 3 is 2.65 bits per heavy atom. The number of pyridine rings is 1. The molecule has 0 spiro atoms. The van der Waals surface area contributed by atoms with Crippen LogP contribution in [0.15, 0.2) is 18.5 Å². The highest BCUT2D eigenvalue weighted by Crippen LogP contribution is 2.22. The van der Waals surface area contributed by atoms with Gasteiger partial charge >= 0.3 is 0 Å². The maximum atomic E-state index is 13.5. The third-order valence-corrected chi connectivity index (χ3v) is 3.16. The molecule has 1 saturated heterocycles. The number of rotatable bonds is 1. The smallest absolute Gasteiger partial charge is 0.256 e. The Balaban J connectivity index is 2.17. The van der Waals surface area contributed by atoms with E-state index in [0.717, 1.165) is 12.6 Å². The standard InChI is InChI=1S/C13H17FN2O/c1-9-5-10(2)8-16(7-9)13(17)11-3-4-15-6-12(11)14/h3-4,6,9-10H,5,7-8H2,1-2H3. The highest BCUT2D eigenvalue weighted by atomic mass is 19.1. The van der Waals surface area contributed by atoms with E-state index in [1.807, 2.05) is 0 Å². The molecular weight excluding hydrogens is 219 g/mol. The first-order chi connectivity index (χ1) is 8.08. The summed E-state index contributed by atoms with van der Waals surface area (Å²) in [6, 6.07) is 1.45. The fraction of sp³-hybridized carbons (Fsp3) is 0.538. The van der Waals surface area contributed by atoms with Gasteiger partial charge in [-0.2, -0.15) is 0 Å². The molecule has 0 bridgehead atoms. The van der Waals surface area contributed by atoms with E-state index in [1.54, 1.807) is 4.90 Å². The Kier molecular flexibility index (Phi) is 3.41. The van der Waals surface area contributed by atoms with Gasteiger partial charge in [-0.3, -0.25) is 9.78 Å². The van der Waals surface area contributed by atoms with Crippen LogP contribution in [0.25, 0.3) is 0 Å². The van der Waals surface area contributed by atoms with Gasteiger partial charge in [0.05, 0.1) is 11.8 Å². The lowest BCUT2D eigenvalue weighted by Crippen LogP contribution is -2.42. The molecule has 92 valence electrons. The van der Waals surface area contributed by atoms with Crippen molar-refractivity contribution in [1.82, 2.24) is 9.88 Å². The predicted molar refractivity (Wildman–Crippen MR) is 63.0 cm³/mol. The van der Waals surface area contributed by atoms with Crippen molar-refractivity contribution in [2.45, 2.75) is 20.3 Å². The Morgan fingerprint density at radius 1 is 1.41 bits per heavy atom. The third kappa shape index (κ3) is 2.62. The van der Waals surface area contributed by atoms with Gasteiger partial charge in [0.25, 0.3) is 5.91 Å². The summed E-state index contributed by atoms with van der Waals surface area (Å²) in [5.74, 6) is 0.201. The molecule has 0 radical (unpaired) electrons. The Labute approximate surface area is 101 Å². The van der Waals surface area contributed by atoms with Crippen molar-refractivity contribution in [1.29, 1.82) is 0 Å². The molecule has 3 nitrogen and oxygen atoms in total. The summed E-state index contributed by atoms with van der Waals surface area (Å²) in [6.07, 6.45) is 3.67. The van der Waals surface area contributed by atoms with Crippen molar-refractivity contribution in [3.63, 3.8) is 0 Å². The molecule has 0 aromatic carbocycles. The zero-order chi connectivity index (χ0) is 12.4. The van der Waals surface area contributed by atoms with Gasteiger partial charge in [0, 0.05) is 19.3 Å². The Morgan fingerprint density at radius 2 is 2.06 bits per heavy atom. The lowest BCUT2D eigenvalue weighted by molar-refractivity contribution is 0.0618. The van der Waals surface area contributed by atoms with Crippen LogP contribution in [-0.2, 0) is 0 Å². The van der Waals surface area contributed by atoms with Gasteiger partial charge < -0.3 is 4.90 Å². The number of amides is 1. The van der Waals surface area contributed by atoms with Crippen molar-refractivity contribution in [3.05, 3.63) is 29.8 Å². The molecule has 2 atom stereocenters. The number of aromatic nitrogens is 1. The van der Waals surface area contributed by atoms with E-state index in [-0.39, 0.29) is 11.5 Å². The molecule has 2 unspecified atom stereocenters. The molecule has 17 heavy (non-hydrogen) atoms. The highest BCUT2D eigenvalue weighted by Gasteiger charge is 2.27. The number of hydrogen-bond acceptors (Lipinski definition) is 2. The van der Waals surface area contributed by atoms with Crippen LogP contribution in [0.5, 0.6) is 0 Å². The SMILES string of the molecule is CC1CC(C)CN(C(=O)c2ccncc2F)C1. The molecule has 4 heteroatoms. The van der Waals surface area contributed by atoms with E-state index in [4.69, 9.17) is 0 Å². The topological polar surface area (TPSA) is 33.2 Å². The van der Waals surface area contributed by atoms with E-state index in [0.29, 0.717) is 24.9 Å². The summed E-state index contributed by atoms with van der Waals surface area (Å²) in [5, 5.41) is 0. The van der Waals surface area contributed by atoms with Crippen LogP contribution >= 0.6 is 0 Å². The van der Waals surface area contributed by atoms with Gasteiger partial charge in [-0.1, -0.05) is 13.8 Å². The monoisotopic (exact) mass is 236 g/mol. The second-order valence-electron chi connectivity index (χ2n) is 5.01. The minimum absolute atomic E-state index is 0.126. The zero-order valence-electron chi connectivity index (χ0n) is 10.2. The molecule has 1 aromatic rings. The van der Waals surface area contributed by atoms with Crippen LogP contribution in [0.1, 0.15) is 30.6 Å². The van der Waals surface area contributed by atoms with Gasteiger partial charge in [0.15, 0.2) is 5.82 Å². The summed E-state index contributed by atoms with van der Waals surface area (Å²) in [7, 11) is 0. The van der Waals surface area contributed by atoms with E-state index in [2.05, 4.69) is 18.8 Å². The number of carbonyl (C=O) groups is 1. The number of piperidine rings is 1. The van der Waals surface area contributed by atoms with Gasteiger partial charge in [0.1, 0.15) is 0 Å². The molecule has 0 saturated carbocycles. The first-order valence-corrected chi connectivity index (χ1v) is 5.96. The average Bonchev–Trinajstić information content (AvgIpc) is 2.27. The van der Waals surface area contributed by atoms with Gasteiger partial charge in [-0.05, 0) is 24.3 Å².